The van der Waals surface area contributed by atoms with E-state index in [1.54, 1.807) is 24.3 Å². The predicted molar refractivity (Wildman–Crippen MR) is 79.8 cm³/mol. The van der Waals surface area contributed by atoms with Crippen molar-refractivity contribution in [3.8, 4) is 5.75 Å². The summed E-state index contributed by atoms with van der Waals surface area (Å²) in [5, 5.41) is 1.66. The third-order valence-electron chi connectivity index (χ3n) is 2.60. The number of alkyl halides is 1. The Labute approximate surface area is 129 Å². The Balaban J connectivity index is 2.19. The van der Waals surface area contributed by atoms with E-state index in [9.17, 15) is 4.39 Å². The van der Waals surface area contributed by atoms with Crippen molar-refractivity contribution in [2.24, 2.45) is 0 Å². The van der Waals surface area contributed by atoms with Gasteiger partial charge in [-0.1, -0.05) is 45.2 Å². The molecule has 100 valence electrons. The van der Waals surface area contributed by atoms with Gasteiger partial charge >= 0.3 is 0 Å². The van der Waals surface area contributed by atoms with Crippen molar-refractivity contribution >= 4 is 39.1 Å². The van der Waals surface area contributed by atoms with Crippen molar-refractivity contribution in [3.05, 3.63) is 63.4 Å². The largest absolute Gasteiger partial charge is 0.488 e. The third kappa shape index (κ3) is 3.62. The van der Waals surface area contributed by atoms with Crippen LogP contribution in [0.5, 0.6) is 5.75 Å². The molecule has 0 saturated carbocycles. The Morgan fingerprint density at radius 2 is 1.95 bits per heavy atom. The molecule has 2 rings (SSSR count). The second-order valence-corrected chi connectivity index (χ2v) is 5.28. The molecule has 0 radical (unpaired) electrons. The molecular formula is C14H10BrCl2FO. The summed E-state index contributed by atoms with van der Waals surface area (Å²) in [5.41, 5.74) is 1.25. The van der Waals surface area contributed by atoms with Gasteiger partial charge in [0.05, 0.1) is 0 Å². The maximum absolute atomic E-state index is 13.6. The highest BCUT2D eigenvalue weighted by Crippen LogP contribution is 2.29. The van der Waals surface area contributed by atoms with Gasteiger partial charge in [-0.15, -0.1) is 0 Å². The van der Waals surface area contributed by atoms with E-state index in [0.717, 1.165) is 5.56 Å². The number of hydrogen-bond acceptors (Lipinski definition) is 1. The van der Waals surface area contributed by atoms with Crippen LogP contribution in [0.4, 0.5) is 4.39 Å². The van der Waals surface area contributed by atoms with Crippen molar-refractivity contribution < 1.29 is 9.13 Å². The SMILES string of the molecule is Fc1ccc(Cl)cc1COc1cccc(Cl)c1CBr. The van der Waals surface area contributed by atoms with Gasteiger partial charge in [0, 0.05) is 26.5 Å². The second-order valence-electron chi connectivity index (χ2n) is 3.87. The third-order valence-corrected chi connectivity index (χ3v) is 3.75. The Morgan fingerprint density at radius 1 is 1.16 bits per heavy atom. The van der Waals surface area contributed by atoms with Crippen molar-refractivity contribution in [2.45, 2.75) is 11.9 Å². The Kier molecular flexibility index (Phi) is 5.08. The van der Waals surface area contributed by atoms with Crippen LogP contribution in [0.15, 0.2) is 36.4 Å². The number of hydrogen-bond donors (Lipinski definition) is 0. The second kappa shape index (κ2) is 6.60. The lowest BCUT2D eigenvalue weighted by molar-refractivity contribution is 0.297. The van der Waals surface area contributed by atoms with Crippen LogP contribution in [0.2, 0.25) is 10.0 Å². The average molecular weight is 364 g/mol. The van der Waals surface area contributed by atoms with Gasteiger partial charge in [-0.2, -0.15) is 0 Å². The summed E-state index contributed by atoms with van der Waals surface area (Å²) >= 11 is 15.2. The highest BCUT2D eigenvalue weighted by molar-refractivity contribution is 9.08. The normalized spacial score (nSPS) is 10.5. The van der Waals surface area contributed by atoms with Gasteiger partial charge in [-0.3, -0.25) is 0 Å². The lowest BCUT2D eigenvalue weighted by atomic mass is 10.2. The molecule has 0 saturated heterocycles. The molecule has 0 aromatic heterocycles. The Bertz CT molecular complexity index is 590. The van der Waals surface area contributed by atoms with E-state index < -0.39 is 0 Å². The molecule has 0 unspecified atom stereocenters. The van der Waals surface area contributed by atoms with Gasteiger partial charge in [-0.25, -0.2) is 4.39 Å². The molecule has 0 atom stereocenters. The molecule has 2 aromatic rings. The van der Waals surface area contributed by atoms with E-state index in [1.807, 2.05) is 0 Å². The van der Waals surface area contributed by atoms with Crippen molar-refractivity contribution in [1.29, 1.82) is 0 Å². The van der Waals surface area contributed by atoms with E-state index >= 15 is 0 Å². The summed E-state index contributed by atoms with van der Waals surface area (Å²) in [6.45, 7) is 0.104. The summed E-state index contributed by atoms with van der Waals surface area (Å²) in [4.78, 5) is 0. The fourth-order valence-corrected chi connectivity index (χ4v) is 2.78. The maximum atomic E-state index is 13.6. The van der Waals surface area contributed by atoms with Crippen LogP contribution in [0, 0.1) is 5.82 Å². The molecule has 0 spiro atoms. The van der Waals surface area contributed by atoms with E-state index in [1.165, 1.54) is 12.1 Å². The first-order valence-electron chi connectivity index (χ1n) is 5.52. The first kappa shape index (κ1) is 14.6. The van der Waals surface area contributed by atoms with Crippen molar-refractivity contribution in [1.82, 2.24) is 0 Å². The van der Waals surface area contributed by atoms with Crippen LogP contribution in [-0.2, 0) is 11.9 Å². The van der Waals surface area contributed by atoms with Crippen LogP contribution < -0.4 is 4.74 Å². The minimum atomic E-state index is -0.341. The maximum Gasteiger partial charge on any atom is 0.129 e. The Morgan fingerprint density at radius 3 is 2.68 bits per heavy atom. The molecule has 0 bridgehead atoms. The summed E-state index contributed by atoms with van der Waals surface area (Å²) < 4.78 is 19.2. The zero-order valence-corrected chi connectivity index (χ0v) is 12.9. The van der Waals surface area contributed by atoms with Gasteiger partial charge in [-0.05, 0) is 30.3 Å². The van der Waals surface area contributed by atoms with E-state index in [-0.39, 0.29) is 12.4 Å². The van der Waals surface area contributed by atoms with Crippen LogP contribution in [0.25, 0.3) is 0 Å². The molecule has 0 fully saturated rings. The number of benzene rings is 2. The molecule has 5 heteroatoms. The fraction of sp³-hybridized carbons (Fsp3) is 0.143. The number of ether oxygens (including phenoxy) is 1. The molecule has 2 aromatic carbocycles. The van der Waals surface area contributed by atoms with Crippen LogP contribution in [-0.4, -0.2) is 0 Å². The van der Waals surface area contributed by atoms with Gasteiger partial charge in [0.1, 0.15) is 18.2 Å². The topological polar surface area (TPSA) is 9.23 Å². The lowest BCUT2D eigenvalue weighted by Crippen LogP contribution is -2.00. The molecular weight excluding hydrogens is 354 g/mol. The molecule has 0 aliphatic carbocycles. The summed E-state index contributed by atoms with van der Waals surface area (Å²) in [7, 11) is 0. The highest BCUT2D eigenvalue weighted by Gasteiger charge is 2.09. The Hall–Kier alpha value is -0.770. The molecule has 0 heterocycles. The van der Waals surface area contributed by atoms with Gasteiger partial charge < -0.3 is 4.74 Å². The molecule has 19 heavy (non-hydrogen) atoms. The van der Waals surface area contributed by atoms with Gasteiger partial charge in [0.25, 0.3) is 0 Å². The predicted octanol–water partition coefficient (Wildman–Crippen LogP) is 5.61. The van der Waals surface area contributed by atoms with Crippen molar-refractivity contribution in [3.63, 3.8) is 0 Å². The molecule has 1 nitrogen and oxygen atoms in total. The highest BCUT2D eigenvalue weighted by atomic mass is 79.9. The van der Waals surface area contributed by atoms with Crippen LogP contribution in [0.3, 0.4) is 0 Å². The summed E-state index contributed by atoms with van der Waals surface area (Å²) in [6, 6.07) is 9.75. The van der Waals surface area contributed by atoms with Crippen molar-refractivity contribution in [2.75, 3.05) is 0 Å². The van der Waals surface area contributed by atoms with Crippen LogP contribution in [0.1, 0.15) is 11.1 Å². The molecule has 0 aliphatic heterocycles. The van der Waals surface area contributed by atoms with Gasteiger partial charge in [0.2, 0.25) is 0 Å². The molecule has 0 amide bonds. The summed E-state index contributed by atoms with van der Waals surface area (Å²) in [6.07, 6.45) is 0. The average Bonchev–Trinajstić information content (AvgIpc) is 2.40. The lowest BCUT2D eigenvalue weighted by Gasteiger charge is -2.12. The standard InChI is InChI=1S/C14H10BrCl2FO/c15-7-11-12(17)2-1-3-14(11)19-8-9-6-10(16)4-5-13(9)18/h1-6H,7-8H2. The monoisotopic (exact) mass is 362 g/mol. The summed E-state index contributed by atoms with van der Waals surface area (Å²) in [5.74, 6) is 0.288. The molecule has 0 aliphatic rings. The van der Waals surface area contributed by atoms with Gasteiger partial charge in [0.15, 0.2) is 0 Å². The van der Waals surface area contributed by atoms with E-state index in [0.29, 0.717) is 26.7 Å². The quantitative estimate of drug-likeness (QED) is 0.642. The first-order chi connectivity index (χ1) is 9.11. The fourth-order valence-electron chi connectivity index (χ4n) is 1.61. The van der Waals surface area contributed by atoms with E-state index in [4.69, 9.17) is 27.9 Å². The number of rotatable bonds is 4. The van der Waals surface area contributed by atoms with Crippen LogP contribution >= 0.6 is 39.1 Å². The molecule has 0 N–H and O–H groups in total. The minimum absolute atomic E-state index is 0.104. The van der Waals surface area contributed by atoms with E-state index in [2.05, 4.69) is 15.9 Å². The zero-order chi connectivity index (χ0) is 13.8. The first-order valence-corrected chi connectivity index (χ1v) is 7.39. The number of halogens is 4. The zero-order valence-electron chi connectivity index (χ0n) is 9.80. The minimum Gasteiger partial charge on any atom is -0.488 e. The smallest absolute Gasteiger partial charge is 0.129 e.